The van der Waals surface area contributed by atoms with Crippen molar-refractivity contribution in [3.8, 4) is 11.8 Å². The molecule has 0 bridgehead atoms. The number of hydrogen-bond acceptors (Lipinski definition) is 4. The van der Waals surface area contributed by atoms with E-state index >= 15 is 0 Å². The highest BCUT2D eigenvalue weighted by atomic mass is 16.3. The van der Waals surface area contributed by atoms with Crippen molar-refractivity contribution in [3.63, 3.8) is 0 Å². The Hall–Kier alpha value is -3.19. The Morgan fingerprint density at radius 3 is 2.43 bits per heavy atom. The first-order valence-corrected chi connectivity index (χ1v) is 6.25. The second-order valence-corrected chi connectivity index (χ2v) is 4.64. The molecule has 0 unspecified atom stereocenters. The van der Waals surface area contributed by atoms with E-state index in [4.69, 9.17) is 0 Å². The van der Waals surface area contributed by atoms with Gasteiger partial charge in [-0.05, 0) is 42.0 Å². The SMILES string of the molecule is N#CC(C1=Cc2c(O)cccc2C1=O)=C1C=CC(=O)C=C1. The van der Waals surface area contributed by atoms with Crippen molar-refractivity contribution in [2.45, 2.75) is 0 Å². The van der Waals surface area contributed by atoms with Crippen molar-refractivity contribution in [3.05, 3.63) is 70.3 Å². The van der Waals surface area contributed by atoms with Crippen molar-refractivity contribution in [2.24, 2.45) is 0 Å². The number of nitriles is 1. The van der Waals surface area contributed by atoms with Crippen LogP contribution in [0.3, 0.4) is 0 Å². The minimum atomic E-state index is -0.302. The molecule has 4 heteroatoms. The van der Waals surface area contributed by atoms with Crippen molar-refractivity contribution in [1.82, 2.24) is 0 Å². The first-order chi connectivity index (χ1) is 10.1. The molecule has 3 rings (SSSR count). The summed E-state index contributed by atoms with van der Waals surface area (Å²) in [4.78, 5) is 23.5. The Morgan fingerprint density at radius 1 is 1.10 bits per heavy atom. The zero-order valence-corrected chi connectivity index (χ0v) is 10.8. The topological polar surface area (TPSA) is 78.2 Å². The normalized spacial score (nSPS) is 15.8. The third kappa shape index (κ3) is 2.01. The lowest BCUT2D eigenvalue weighted by atomic mass is 9.95. The third-order valence-corrected chi connectivity index (χ3v) is 3.39. The van der Waals surface area contributed by atoms with Gasteiger partial charge in [-0.1, -0.05) is 12.1 Å². The Balaban J connectivity index is 2.14. The van der Waals surface area contributed by atoms with Crippen LogP contribution in [0.1, 0.15) is 15.9 Å². The van der Waals surface area contributed by atoms with Crippen LogP contribution in [0, 0.1) is 11.3 Å². The fourth-order valence-electron chi connectivity index (χ4n) is 2.35. The molecule has 0 atom stereocenters. The van der Waals surface area contributed by atoms with Gasteiger partial charge in [-0.15, -0.1) is 0 Å². The van der Waals surface area contributed by atoms with E-state index < -0.39 is 0 Å². The number of ketones is 2. The molecule has 4 nitrogen and oxygen atoms in total. The van der Waals surface area contributed by atoms with Gasteiger partial charge in [0, 0.05) is 16.7 Å². The summed E-state index contributed by atoms with van der Waals surface area (Å²) < 4.78 is 0. The number of phenolic OH excluding ortho intramolecular Hbond substituents is 1. The maximum absolute atomic E-state index is 12.4. The summed E-state index contributed by atoms with van der Waals surface area (Å²) in [6.07, 6.45) is 7.22. The largest absolute Gasteiger partial charge is 0.507 e. The quantitative estimate of drug-likeness (QED) is 0.799. The van der Waals surface area contributed by atoms with E-state index in [0.717, 1.165) is 0 Å². The second-order valence-electron chi connectivity index (χ2n) is 4.64. The first kappa shape index (κ1) is 12.8. The Morgan fingerprint density at radius 2 is 1.81 bits per heavy atom. The Labute approximate surface area is 120 Å². The first-order valence-electron chi connectivity index (χ1n) is 6.25. The standard InChI is InChI=1S/C17H9NO3/c18-9-15(10-4-6-11(19)7-5-10)14-8-13-12(17(14)21)2-1-3-16(13)20/h1-8,20H. The van der Waals surface area contributed by atoms with Crippen LogP contribution in [0.25, 0.3) is 6.08 Å². The summed E-state index contributed by atoms with van der Waals surface area (Å²) in [7, 11) is 0. The van der Waals surface area contributed by atoms with Gasteiger partial charge in [0.15, 0.2) is 11.6 Å². The van der Waals surface area contributed by atoms with Gasteiger partial charge in [0.25, 0.3) is 0 Å². The molecule has 0 heterocycles. The molecular weight excluding hydrogens is 266 g/mol. The Bertz CT molecular complexity index is 827. The van der Waals surface area contributed by atoms with E-state index in [9.17, 15) is 20.0 Å². The number of rotatable bonds is 1. The lowest BCUT2D eigenvalue weighted by molar-refractivity contribution is -0.110. The molecular formula is C17H9NO3. The number of phenols is 1. The summed E-state index contributed by atoms with van der Waals surface area (Å²) in [6, 6.07) is 6.69. The Kier molecular flexibility index (Phi) is 2.89. The summed E-state index contributed by atoms with van der Waals surface area (Å²) >= 11 is 0. The van der Waals surface area contributed by atoms with E-state index in [1.807, 2.05) is 6.07 Å². The lowest BCUT2D eigenvalue weighted by Gasteiger charge is -2.05. The summed E-state index contributed by atoms with van der Waals surface area (Å²) in [5, 5.41) is 19.2. The zero-order valence-electron chi connectivity index (χ0n) is 10.8. The van der Waals surface area contributed by atoms with E-state index in [1.54, 1.807) is 12.1 Å². The van der Waals surface area contributed by atoms with Crippen LogP contribution < -0.4 is 0 Å². The number of carbonyl (C=O) groups is 2. The fraction of sp³-hybridized carbons (Fsp3) is 0. The minimum Gasteiger partial charge on any atom is -0.507 e. The summed E-state index contributed by atoms with van der Waals surface area (Å²) in [5.41, 5.74) is 1.72. The molecule has 0 saturated carbocycles. The monoisotopic (exact) mass is 275 g/mol. The molecule has 0 spiro atoms. The molecule has 0 aliphatic heterocycles. The lowest BCUT2D eigenvalue weighted by Crippen LogP contribution is -2.03. The summed E-state index contributed by atoms with van der Waals surface area (Å²) in [5.74, 6) is -0.463. The van der Waals surface area contributed by atoms with Crippen LogP contribution in [0.4, 0.5) is 0 Å². The average Bonchev–Trinajstić information content (AvgIpc) is 2.81. The van der Waals surface area contributed by atoms with E-state index in [-0.39, 0.29) is 28.5 Å². The van der Waals surface area contributed by atoms with Crippen LogP contribution in [-0.2, 0) is 4.79 Å². The van der Waals surface area contributed by atoms with Crippen LogP contribution >= 0.6 is 0 Å². The number of carbonyl (C=O) groups excluding carboxylic acids is 2. The molecule has 0 fully saturated rings. The van der Waals surface area contributed by atoms with Gasteiger partial charge in [-0.25, -0.2) is 0 Å². The maximum atomic E-state index is 12.4. The molecule has 0 radical (unpaired) electrons. The van der Waals surface area contributed by atoms with Gasteiger partial charge in [0.2, 0.25) is 0 Å². The number of aromatic hydroxyl groups is 1. The molecule has 2 aliphatic rings. The molecule has 21 heavy (non-hydrogen) atoms. The number of allylic oxidation sites excluding steroid dienone is 7. The number of hydrogen-bond donors (Lipinski definition) is 1. The zero-order chi connectivity index (χ0) is 15.0. The highest BCUT2D eigenvalue weighted by Crippen LogP contribution is 2.35. The van der Waals surface area contributed by atoms with Crippen LogP contribution in [0.2, 0.25) is 0 Å². The van der Waals surface area contributed by atoms with Crippen LogP contribution in [-0.4, -0.2) is 16.7 Å². The maximum Gasteiger partial charge on any atom is 0.195 e. The molecule has 1 aromatic carbocycles. The number of benzene rings is 1. The van der Waals surface area contributed by atoms with Gasteiger partial charge in [0.05, 0.1) is 5.57 Å². The third-order valence-electron chi connectivity index (χ3n) is 3.39. The molecule has 0 saturated heterocycles. The van der Waals surface area contributed by atoms with Crippen molar-refractivity contribution < 1.29 is 14.7 Å². The van der Waals surface area contributed by atoms with E-state index in [0.29, 0.717) is 16.7 Å². The molecule has 0 amide bonds. The molecule has 1 aromatic rings. The van der Waals surface area contributed by atoms with Gasteiger partial charge >= 0.3 is 0 Å². The number of fused-ring (bicyclic) bond motifs is 1. The highest BCUT2D eigenvalue weighted by Gasteiger charge is 2.28. The number of nitrogens with zero attached hydrogens (tertiary/aromatic N) is 1. The average molecular weight is 275 g/mol. The van der Waals surface area contributed by atoms with Crippen molar-refractivity contribution in [1.29, 1.82) is 5.26 Å². The van der Waals surface area contributed by atoms with Gasteiger partial charge in [-0.3, -0.25) is 9.59 Å². The summed E-state index contributed by atoms with van der Waals surface area (Å²) in [6.45, 7) is 0. The van der Waals surface area contributed by atoms with Gasteiger partial charge in [-0.2, -0.15) is 5.26 Å². The smallest absolute Gasteiger partial charge is 0.195 e. The van der Waals surface area contributed by atoms with E-state index in [1.165, 1.54) is 36.4 Å². The molecule has 0 aromatic heterocycles. The number of Topliss-reactive ketones (excluding diaryl/α,β-unsaturated/α-hetero) is 1. The minimum absolute atomic E-state index is 0.00282. The van der Waals surface area contributed by atoms with Crippen molar-refractivity contribution >= 4 is 17.6 Å². The molecule has 2 aliphatic carbocycles. The molecule has 100 valence electrons. The van der Waals surface area contributed by atoms with Gasteiger partial charge in [0.1, 0.15) is 11.8 Å². The highest BCUT2D eigenvalue weighted by molar-refractivity contribution is 6.22. The molecule has 1 N–H and O–H groups in total. The van der Waals surface area contributed by atoms with Crippen LogP contribution in [0.15, 0.2) is 59.2 Å². The van der Waals surface area contributed by atoms with Crippen LogP contribution in [0.5, 0.6) is 5.75 Å². The van der Waals surface area contributed by atoms with Gasteiger partial charge < -0.3 is 5.11 Å². The fourth-order valence-corrected chi connectivity index (χ4v) is 2.35. The predicted molar refractivity (Wildman–Crippen MR) is 76.3 cm³/mol. The second kappa shape index (κ2) is 4.73. The predicted octanol–water partition coefficient (Wildman–Crippen LogP) is 2.49. The van der Waals surface area contributed by atoms with Crippen molar-refractivity contribution in [2.75, 3.05) is 0 Å². The van der Waals surface area contributed by atoms with E-state index in [2.05, 4.69) is 0 Å².